The van der Waals surface area contributed by atoms with Gasteiger partial charge in [0.1, 0.15) is 5.69 Å². The number of carbonyl (C=O) groups excluding carboxylic acids is 1. The Hall–Kier alpha value is -4.19. The molecule has 1 amide bonds. The number of hydrogen-bond acceptors (Lipinski definition) is 5. The zero-order valence-electron chi connectivity index (χ0n) is 19.1. The van der Waals surface area contributed by atoms with Crippen molar-refractivity contribution in [2.24, 2.45) is 0 Å². The highest BCUT2D eigenvalue weighted by Crippen LogP contribution is 2.35. The van der Waals surface area contributed by atoms with Gasteiger partial charge in [0.25, 0.3) is 5.91 Å². The summed E-state index contributed by atoms with van der Waals surface area (Å²) < 4.78 is 76.5. The molecule has 192 valence electrons. The first-order valence-electron chi connectivity index (χ1n) is 10.6. The first kappa shape index (κ1) is 25.9. The highest BCUT2D eigenvalue weighted by molar-refractivity contribution is 7.15. The number of allylic oxidation sites excluding steroid dienone is 1. The zero-order valence-corrected chi connectivity index (χ0v) is 19.9. The van der Waals surface area contributed by atoms with Gasteiger partial charge in [-0.25, -0.2) is 4.98 Å². The topological polar surface area (TPSA) is 64.9 Å². The van der Waals surface area contributed by atoms with E-state index in [9.17, 15) is 26.7 Å². The highest BCUT2D eigenvalue weighted by atomic mass is 32.1. The zero-order chi connectivity index (χ0) is 26.7. The number of thiazole rings is 1. The Labute approximate surface area is 211 Å². The Morgan fingerprint density at radius 1 is 1.19 bits per heavy atom. The van der Waals surface area contributed by atoms with Gasteiger partial charge in [0.05, 0.1) is 17.0 Å². The largest absolute Gasteiger partial charge is 0.458 e. The minimum atomic E-state index is -4.57. The van der Waals surface area contributed by atoms with Crippen LogP contribution in [0.2, 0.25) is 0 Å². The summed E-state index contributed by atoms with van der Waals surface area (Å²) in [6.07, 6.45) is -0.0201. The fourth-order valence-corrected chi connectivity index (χ4v) is 4.13. The second-order valence-corrected chi connectivity index (χ2v) is 8.50. The molecule has 37 heavy (non-hydrogen) atoms. The molecule has 0 atom stereocenters. The van der Waals surface area contributed by atoms with Crippen molar-refractivity contribution in [2.45, 2.75) is 19.7 Å². The van der Waals surface area contributed by atoms with Crippen LogP contribution in [0, 0.1) is 0 Å². The molecule has 0 saturated heterocycles. The molecule has 0 radical (unpaired) electrons. The Morgan fingerprint density at radius 2 is 1.95 bits per heavy atom. The van der Waals surface area contributed by atoms with Crippen LogP contribution in [0.3, 0.4) is 0 Å². The van der Waals surface area contributed by atoms with Crippen LogP contribution in [-0.4, -0.2) is 21.9 Å². The third-order valence-electron chi connectivity index (χ3n) is 4.87. The Morgan fingerprint density at radius 3 is 2.65 bits per heavy atom. The van der Waals surface area contributed by atoms with Crippen molar-refractivity contribution in [1.82, 2.24) is 9.38 Å². The van der Waals surface area contributed by atoms with E-state index < -0.39 is 24.3 Å². The van der Waals surface area contributed by atoms with E-state index in [1.807, 2.05) is 0 Å². The molecule has 4 aromatic rings. The van der Waals surface area contributed by atoms with Crippen molar-refractivity contribution in [3.8, 4) is 11.5 Å². The SMILES string of the molecule is C=C(C)Oc1c(/C=C/c2nc3sccn3c2C(=O)Nc2cccc(C(F)(F)F)c2)cccc1OC(F)F. The number of nitrogens with zero attached hydrogens (tertiary/aromatic N) is 2. The Balaban J connectivity index is 1.70. The minimum Gasteiger partial charge on any atom is -0.458 e. The van der Waals surface area contributed by atoms with E-state index in [1.54, 1.807) is 17.6 Å². The number of fused-ring (bicyclic) bond motifs is 1. The lowest BCUT2D eigenvalue weighted by Crippen LogP contribution is -2.16. The molecule has 0 aliphatic rings. The fourth-order valence-electron chi connectivity index (χ4n) is 3.41. The molecule has 0 unspecified atom stereocenters. The molecule has 0 aliphatic carbocycles. The van der Waals surface area contributed by atoms with Crippen LogP contribution in [0.25, 0.3) is 17.1 Å². The number of rotatable bonds is 8. The van der Waals surface area contributed by atoms with Crippen molar-refractivity contribution in [2.75, 3.05) is 5.32 Å². The number of halogens is 5. The molecule has 0 fully saturated rings. The van der Waals surface area contributed by atoms with Gasteiger partial charge in [-0.15, -0.1) is 11.3 Å². The smallest absolute Gasteiger partial charge is 0.416 e. The number of nitrogens with one attached hydrogen (secondary N) is 1. The summed E-state index contributed by atoms with van der Waals surface area (Å²) in [5, 5.41) is 4.17. The number of anilines is 1. The van der Waals surface area contributed by atoms with Crippen LogP contribution in [0.1, 0.15) is 34.2 Å². The summed E-state index contributed by atoms with van der Waals surface area (Å²) in [5.41, 5.74) is -0.365. The second kappa shape index (κ2) is 10.4. The third kappa shape index (κ3) is 5.97. The molecule has 0 spiro atoms. The van der Waals surface area contributed by atoms with Crippen molar-refractivity contribution in [1.29, 1.82) is 0 Å². The van der Waals surface area contributed by atoms with Gasteiger partial charge in [-0.2, -0.15) is 22.0 Å². The number of carbonyl (C=O) groups is 1. The monoisotopic (exact) mass is 535 g/mol. The summed E-state index contributed by atoms with van der Waals surface area (Å²) >= 11 is 1.24. The predicted octanol–water partition coefficient (Wildman–Crippen LogP) is 7.35. The lowest BCUT2D eigenvalue weighted by Gasteiger charge is -2.14. The molecule has 4 rings (SSSR count). The fraction of sp³-hybridized carbons (Fsp3) is 0.120. The summed E-state index contributed by atoms with van der Waals surface area (Å²) in [7, 11) is 0. The average molecular weight is 535 g/mol. The maximum atomic E-state index is 13.1. The van der Waals surface area contributed by atoms with Crippen LogP contribution in [0.15, 0.2) is 66.4 Å². The predicted molar refractivity (Wildman–Crippen MR) is 130 cm³/mol. The molecule has 0 aliphatic heterocycles. The summed E-state index contributed by atoms with van der Waals surface area (Å²) in [6, 6.07) is 8.62. The molecular formula is C25H18F5N3O3S. The van der Waals surface area contributed by atoms with E-state index in [1.165, 1.54) is 59.1 Å². The number of benzene rings is 2. The maximum absolute atomic E-state index is 13.1. The van der Waals surface area contributed by atoms with Gasteiger partial charge in [0.15, 0.2) is 16.5 Å². The van der Waals surface area contributed by atoms with Gasteiger partial charge in [0.2, 0.25) is 0 Å². The first-order valence-corrected chi connectivity index (χ1v) is 11.4. The van der Waals surface area contributed by atoms with Crippen molar-refractivity contribution in [3.05, 3.63) is 88.9 Å². The lowest BCUT2D eigenvalue weighted by molar-refractivity contribution is -0.137. The number of alkyl halides is 5. The molecule has 2 aromatic carbocycles. The molecule has 0 saturated carbocycles. The van der Waals surface area contributed by atoms with Crippen LogP contribution >= 0.6 is 11.3 Å². The lowest BCUT2D eigenvalue weighted by atomic mass is 10.1. The standard InChI is InChI=1S/C25H18F5N3O3S/c1-14(2)35-21-15(5-3-8-19(21)36-23(26)27)9-10-18-20(33-11-12-37-24(33)32-18)22(34)31-17-7-4-6-16(13-17)25(28,29)30/h3-13,23H,1H2,2H3,(H,31,34)/b10-9+. The van der Waals surface area contributed by atoms with E-state index in [-0.39, 0.29) is 34.3 Å². The van der Waals surface area contributed by atoms with E-state index >= 15 is 0 Å². The normalized spacial score (nSPS) is 11.9. The molecule has 12 heteroatoms. The highest BCUT2D eigenvalue weighted by Gasteiger charge is 2.30. The van der Waals surface area contributed by atoms with E-state index in [2.05, 4.69) is 21.6 Å². The Bertz CT molecular complexity index is 1490. The van der Waals surface area contributed by atoms with Gasteiger partial charge >= 0.3 is 12.8 Å². The van der Waals surface area contributed by atoms with E-state index in [0.29, 0.717) is 10.5 Å². The third-order valence-corrected chi connectivity index (χ3v) is 5.63. The minimum absolute atomic E-state index is 0.0115. The average Bonchev–Trinajstić information content (AvgIpc) is 3.39. The maximum Gasteiger partial charge on any atom is 0.416 e. The first-order chi connectivity index (χ1) is 17.5. The van der Waals surface area contributed by atoms with Gasteiger partial charge in [-0.05, 0) is 43.3 Å². The number of imidazole rings is 1. The summed E-state index contributed by atoms with van der Waals surface area (Å²) in [5.74, 6) is -0.697. The van der Waals surface area contributed by atoms with E-state index in [0.717, 1.165) is 12.1 Å². The quantitative estimate of drug-likeness (QED) is 0.189. The van der Waals surface area contributed by atoms with Crippen LogP contribution in [0.4, 0.5) is 27.6 Å². The number of aromatic nitrogens is 2. The Kier molecular flexibility index (Phi) is 7.30. The second-order valence-electron chi connectivity index (χ2n) is 7.62. The summed E-state index contributed by atoms with van der Waals surface area (Å²) in [4.78, 5) is 18.0. The number of ether oxygens (including phenoxy) is 2. The van der Waals surface area contributed by atoms with Crippen LogP contribution < -0.4 is 14.8 Å². The van der Waals surface area contributed by atoms with Gasteiger partial charge in [-0.1, -0.05) is 24.8 Å². The van der Waals surface area contributed by atoms with Crippen molar-refractivity contribution < 1.29 is 36.2 Å². The van der Waals surface area contributed by atoms with Crippen molar-refractivity contribution >= 4 is 40.0 Å². The van der Waals surface area contributed by atoms with Crippen LogP contribution in [0.5, 0.6) is 11.5 Å². The number of para-hydroxylation sites is 1. The molecule has 6 nitrogen and oxygen atoms in total. The molecule has 2 aromatic heterocycles. The van der Waals surface area contributed by atoms with Gasteiger partial charge in [0, 0.05) is 22.8 Å². The number of hydrogen-bond donors (Lipinski definition) is 1. The molecular weight excluding hydrogens is 517 g/mol. The van der Waals surface area contributed by atoms with Crippen molar-refractivity contribution in [3.63, 3.8) is 0 Å². The van der Waals surface area contributed by atoms with Gasteiger partial charge < -0.3 is 14.8 Å². The molecule has 2 heterocycles. The molecule has 0 bridgehead atoms. The van der Waals surface area contributed by atoms with Gasteiger partial charge in [-0.3, -0.25) is 9.20 Å². The number of amides is 1. The van der Waals surface area contributed by atoms with Crippen LogP contribution in [-0.2, 0) is 6.18 Å². The summed E-state index contributed by atoms with van der Waals surface area (Å²) in [6.45, 7) is 2.07. The van der Waals surface area contributed by atoms with E-state index in [4.69, 9.17) is 4.74 Å². The molecule has 1 N–H and O–H groups in total.